The van der Waals surface area contributed by atoms with Gasteiger partial charge >= 0.3 is 0 Å². The van der Waals surface area contributed by atoms with Gasteiger partial charge in [0.05, 0.1) is 13.2 Å². The minimum absolute atomic E-state index is 0.153. The second kappa shape index (κ2) is 8.28. The molecule has 0 aliphatic carbocycles. The van der Waals surface area contributed by atoms with Gasteiger partial charge in [-0.15, -0.1) is 0 Å². The normalized spacial score (nSPS) is 14.3. The Kier molecular flexibility index (Phi) is 7.03. The minimum atomic E-state index is -0.202. The highest BCUT2D eigenvalue weighted by Gasteiger charge is 2.19. The molecule has 0 saturated carbocycles. The van der Waals surface area contributed by atoms with Gasteiger partial charge in [0.1, 0.15) is 5.75 Å². The van der Waals surface area contributed by atoms with Gasteiger partial charge in [0, 0.05) is 12.1 Å². The van der Waals surface area contributed by atoms with Crippen molar-refractivity contribution in [1.29, 1.82) is 0 Å². The zero-order valence-electron chi connectivity index (χ0n) is 13.3. The molecule has 0 heterocycles. The SMILES string of the molecule is CCC(C)(CO)NCc1ccc(OCCC(C)C)cc1. The van der Waals surface area contributed by atoms with Crippen LogP contribution in [0.3, 0.4) is 0 Å². The quantitative estimate of drug-likeness (QED) is 0.728. The first-order valence-electron chi connectivity index (χ1n) is 7.56. The van der Waals surface area contributed by atoms with Gasteiger partial charge in [-0.3, -0.25) is 0 Å². The van der Waals surface area contributed by atoms with Crippen LogP contribution >= 0.6 is 0 Å². The summed E-state index contributed by atoms with van der Waals surface area (Å²) in [5.41, 5.74) is 1.00. The highest BCUT2D eigenvalue weighted by Crippen LogP contribution is 2.15. The average Bonchev–Trinajstić information content (AvgIpc) is 2.46. The van der Waals surface area contributed by atoms with Crippen molar-refractivity contribution in [3.8, 4) is 5.75 Å². The zero-order valence-corrected chi connectivity index (χ0v) is 13.3. The fourth-order valence-corrected chi connectivity index (χ4v) is 1.72. The standard InChI is InChI=1S/C17H29NO2/c1-5-17(4,13-19)18-12-15-6-8-16(9-7-15)20-11-10-14(2)3/h6-9,14,18-19H,5,10-13H2,1-4H3. The Morgan fingerprint density at radius 1 is 1.25 bits per heavy atom. The third-order valence-corrected chi connectivity index (χ3v) is 3.74. The first-order chi connectivity index (χ1) is 9.49. The van der Waals surface area contributed by atoms with Crippen LogP contribution in [0.1, 0.15) is 46.1 Å². The van der Waals surface area contributed by atoms with E-state index in [1.165, 1.54) is 5.56 Å². The molecule has 0 aromatic heterocycles. The predicted octanol–water partition coefficient (Wildman–Crippen LogP) is 3.36. The van der Waals surface area contributed by atoms with Gasteiger partial charge in [-0.25, -0.2) is 0 Å². The molecule has 3 heteroatoms. The Bertz CT molecular complexity index is 369. The molecule has 0 bridgehead atoms. The molecule has 1 unspecified atom stereocenters. The van der Waals surface area contributed by atoms with E-state index < -0.39 is 0 Å². The minimum Gasteiger partial charge on any atom is -0.494 e. The van der Waals surface area contributed by atoms with Crippen LogP contribution in [-0.4, -0.2) is 23.9 Å². The van der Waals surface area contributed by atoms with Gasteiger partial charge in [0.2, 0.25) is 0 Å². The van der Waals surface area contributed by atoms with E-state index >= 15 is 0 Å². The Hall–Kier alpha value is -1.06. The van der Waals surface area contributed by atoms with Crippen LogP contribution in [0.2, 0.25) is 0 Å². The number of benzene rings is 1. The lowest BCUT2D eigenvalue weighted by atomic mass is 10.00. The molecule has 2 N–H and O–H groups in total. The molecule has 1 atom stereocenters. The van der Waals surface area contributed by atoms with E-state index in [-0.39, 0.29) is 12.1 Å². The predicted molar refractivity (Wildman–Crippen MR) is 84.0 cm³/mol. The Labute approximate surface area is 123 Å². The van der Waals surface area contributed by atoms with Crippen LogP contribution in [0, 0.1) is 5.92 Å². The third-order valence-electron chi connectivity index (χ3n) is 3.74. The second-order valence-corrected chi connectivity index (χ2v) is 6.10. The van der Waals surface area contributed by atoms with E-state index in [4.69, 9.17) is 4.74 Å². The number of aliphatic hydroxyl groups is 1. The van der Waals surface area contributed by atoms with E-state index in [9.17, 15) is 5.11 Å². The summed E-state index contributed by atoms with van der Waals surface area (Å²) in [4.78, 5) is 0. The first-order valence-corrected chi connectivity index (χ1v) is 7.56. The Balaban J connectivity index is 2.42. The molecule has 1 rings (SSSR count). The van der Waals surface area contributed by atoms with Crippen LogP contribution < -0.4 is 10.1 Å². The van der Waals surface area contributed by atoms with Crippen molar-refractivity contribution in [2.24, 2.45) is 5.92 Å². The molecule has 0 aliphatic heterocycles. The highest BCUT2D eigenvalue weighted by molar-refractivity contribution is 5.27. The largest absolute Gasteiger partial charge is 0.494 e. The Morgan fingerprint density at radius 2 is 1.90 bits per heavy atom. The molecular weight excluding hydrogens is 250 g/mol. The number of ether oxygens (including phenoxy) is 1. The number of hydrogen-bond donors (Lipinski definition) is 2. The molecule has 1 aromatic carbocycles. The van der Waals surface area contributed by atoms with Crippen LogP contribution in [0.15, 0.2) is 24.3 Å². The summed E-state index contributed by atoms with van der Waals surface area (Å²) < 4.78 is 5.70. The number of nitrogens with one attached hydrogen (secondary N) is 1. The van der Waals surface area contributed by atoms with Gasteiger partial charge in [-0.05, 0) is 43.4 Å². The van der Waals surface area contributed by atoms with Gasteiger partial charge in [0.15, 0.2) is 0 Å². The maximum Gasteiger partial charge on any atom is 0.119 e. The van der Waals surface area contributed by atoms with Gasteiger partial charge in [0.25, 0.3) is 0 Å². The molecule has 20 heavy (non-hydrogen) atoms. The lowest BCUT2D eigenvalue weighted by Crippen LogP contribution is -2.44. The summed E-state index contributed by atoms with van der Waals surface area (Å²) in [7, 11) is 0. The van der Waals surface area contributed by atoms with E-state index in [1.807, 2.05) is 19.1 Å². The van der Waals surface area contributed by atoms with Crippen LogP contribution in [0.5, 0.6) is 5.75 Å². The molecule has 0 radical (unpaired) electrons. The molecule has 0 spiro atoms. The van der Waals surface area contributed by atoms with Gasteiger partial charge in [-0.2, -0.15) is 0 Å². The monoisotopic (exact) mass is 279 g/mol. The molecule has 3 nitrogen and oxygen atoms in total. The molecular formula is C17H29NO2. The average molecular weight is 279 g/mol. The number of hydrogen-bond acceptors (Lipinski definition) is 3. The van der Waals surface area contributed by atoms with Crippen LogP contribution in [0.4, 0.5) is 0 Å². The first kappa shape index (κ1) is 17.0. The van der Waals surface area contributed by atoms with Crippen molar-refractivity contribution in [3.63, 3.8) is 0 Å². The van der Waals surface area contributed by atoms with Gasteiger partial charge in [-0.1, -0.05) is 32.9 Å². The Morgan fingerprint density at radius 3 is 2.40 bits per heavy atom. The van der Waals surface area contributed by atoms with Crippen molar-refractivity contribution in [3.05, 3.63) is 29.8 Å². The fraction of sp³-hybridized carbons (Fsp3) is 0.647. The highest BCUT2D eigenvalue weighted by atomic mass is 16.5. The summed E-state index contributed by atoms with van der Waals surface area (Å²) in [6, 6.07) is 8.18. The van der Waals surface area contributed by atoms with Crippen molar-refractivity contribution in [1.82, 2.24) is 5.32 Å². The topological polar surface area (TPSA) is 41.5 Å². The molecule has 0 aliphatic rings. The lowest BCUT2D eigenvalue weighted by Gasteiger charge is -2.27. The molecule has 0 amide bonds. The molecule has 0 fully saturated rings. The van der Waals surface area contributed by atoms with E-state index in [2.05, 4.69) is 38.2 Å². The molecule has 114 valence electrons. The summed E-state index contributed by atoms with van der Waals surface area (Å²) in [5.74, 6) is 1.60. The van der Waals surface area contributed by atoms with Crippen molar-refractivity contribution >= 4 is 0 Å². The smallest absolute Gasteiger partial charge is 0.119 e. The summed E-state index contributed by atoms with van der Waals surface area (Å²) in [6.45, 7) is 10.2. The number of rotatable bonds is 9. The summed E-state index contributed by atoms with van der Waals surface area (Å²) >= 11 is 0. The van der Waals surface area contributed by atoms with E-state index in [0.717, 1.165) is 31.7 Å². The van der Waals surface area contributed by atoms with Gasteiger partial charge < -0.3 is 15.2 Å². The van der Waals surface area contributed by atoms with Crippen molar-refractivity contribution < 1.29 is 9.84 Å². The maximum absolute atomic E-state index is 9.37. The summed E-state index contributed by atoms with van der Waals surface area (Å²) in [5, 5.41) is 12.8. The molecule has 0 saturated heterocycles. The van der Waals surface area contributed by atoms with Crippen LogP contribution in [0.25, 0.3) is 0 Å². The third kappa shape index (κ3) is 5.93. The second-order valence-electron chi connectivity index (χ2n) is 6.10. The van der Waals surface area contributed by atoms with E-state index in [1.54, 1.807) is 0 Å². The van der Waals surface area contributed by atoms with E-state index in [0.29, 0.717) is 5.92 Å². The fourth-order valence-electron chi connectivity index (χ4n) is 1.72. The van der Waals surface area contributed by atoms with Crippen molar-refractivity contribution in [2.75, 3.05) is 13.2 Å². The van der Waals surface area contributed by atoms with Crippen molar-refractivity contribution in [2.45, 2.75) is 52.6 Å². The number of aliphatic hydroxyl groups excluding tert-OH is 1. The maximum atomic E-state index is 9.37. The molecule has 1 aromatic rings. The zero-order chi connectivity index (χ0) is 15.0. The lowest BCUT2D eigenvalue weighted by molar-refractivity contribution is 0.169. The van der Waals surface area contributed by atoms with Crippen LogP contribution in [-0.2, 0) is 6.54 Å². The summed E-state index contributed by atoms with van der Waals surface area (Å²) in [6.07, 6.45) is 1.98.